The third kappa shape index (κ3) is 5.85. The van der Waals surface area contributed by atoms with Gasteiger partial charge < -0.3 is 29.5 Å². The van der Waals surface area contributed by atoms with E-state index in [1.807, 2.05) is 24.3 Å². The zero-order valence-electron chi connectivity index (χ0n) is 18.8. The Morgan fingerprint density at radius 2 is 1.79 bits per heavy atom. The fraction of sp³-hybridized carbons (Fsp3) is 0.280. The third-order valence-corrected chi connectivity index (χ3v) is 5.19. The first kappa shape index (κ1) is 23.7. The van der Waals surface area contributed by atoms with Crippen molar-refractivity contribution in [1.82, 2.24) is 0 Å². The van der Waals surface area contributed by atoms with Crippen LogP contribution in [-0.2, 0) is 11.2 Å². The van der Waals surface area contributed by atoms with Crippen LogP contribution in [0.4, 0.5) is 0 Å². The highest BCUT2D eigenvalue weighted by Crippen LogP contribution is 2.37. The first-order valence-electron chi connectivity index (χ1n) is 10.4. The van der Waals surface area contributed by atoms with Gasteiger partial charge >= 0.3 is 0 Å². The minimum atomic E-state index is -0.773. The maximum absolute atomic E-state index is 12.1. The van der Waals surface area contributed by atoms with Crippen molar-refractivity contribution in [2.75, 3.05) is 20.8 Å². The highest BCUT2D eigenvalue weighted by atomic mass is 16.5. The van der Waals surface area contributed by atoms with Crippen LogP contribution >= 0.6 is 0 Å². The van der Waals surface area contributed by atoms with E-state index < -0.39 is 23.0 Å². The van der Waals surface area contributed by atoms with Gasteiger partial charge in [0.05, 0.1) is 26.7 Å². The van der Waals surface area contributed by atoms with Crippen molar-refractivity contribution in [3.05, 3.63) is 81.4 Å². The summed E-state index contributed by atoms with van der Waals surface area (Å²) in [5.74, 6) is 0.0881. The number of amides is 1. The lowest BCUT2D eigenvalue weighted by Gasteiger charge is -2.19. The third-order valence-electron chi connectivity index (χ3n) is 5.19. The fourth-order valence-corrected chi connectivity index (χ4v) is 3.52. The monoisotopic (exact) mass is 453 g/mol. The lowest BCUT2D eigenvalue weighted by Crippen LogP contribution is -2.18. The molecule has 0 spiro atoms. The predicted molar refractivity (Wildman–Crippen MR) is 122 cm³/mol. The fourth-order valence-electron chi connectivity index (χ4n) is 3.52. The maximum Gasteiger partial charge on any atom is 0.227 e. The van der Waals surface area contributed by atoms with E-state index in [2.05, 4.69) is 0 Å². The zero-order valence-corrected chi connectivity index (χ0v) is 18.8. The molecule has 0 aliphatic heterocycles. The molecule has 3 rings (SSSR count). The normalized spacial score (nSPS) is 11.6. The molecular formula is C25H27NO7. The van der Waals surface area contributed by atoms with E-state index in [4.69, 9.17) is 24.4 Å². The molecule has 1 atom stereocenters. The quantitative estimate of drug-likeness (QED) is 0.483. The first-order valence-corrected chi connectivity index (χ1v) is 10.4. The number of benzene rings is 2. The van der Waals surface area contributed by atoms with Gasteiger partial charge in [0, 0.05) is 18.9 Å². The van der Waals surface area contributed by atoms with E-state index in [9.17, 15) is 14.7 Å². The molecule has 2 aromatic carbocycles. The second-order valence-electron chi connectivity index (χ2n) is 7.51. The molecule has 0 aliphatic carbocycles. The van der Waals surface area contributed by atoms with Crippen LogP contribution in [0.3, 0.4) is 0 Å². The minimum absolute atomic E-state index is 0.0202. The van der Waals surface area contributed by atoms with Crippen LogP contribution < -0.4 is 25.4 Å². The zero-order chi connectivity index (χ0) is 24.0. The molecule has 0 aliphatic rings. The Bertz CT molecular complexity index is 1170. The molecule has 0 bridgehead atoms. The van der Waals surface area contributed by atoms with Gasteiger partial charge in [-0.1, -0.05) is 18.2 Å². The van der Waals surface area contributed by atoms with Gasteiger partial charge in [0.15, 0.2) is 17.3 Å². The number of primary amides is 1. The molecule has 174 valence electrons. The van der Waals surface area contributed by atoms with Gasteiger partial charge in [-0.05, 0) is 42.3 Å². The molecule has 33 heavy (non-hydrogen) atoms. The predicted octanol–water partition coefficient (Wildman–Crippen LogP) is 3.30. The Morgan fingerprint density at radius 3 is 2.42 bits per heavy atom. The first-order chi connectivity index (χ1) is 15.8. The number of hydrogen-bond acceptors (Lipinski definition) is 7. The molecule has 8 nitrogen and oxygen atoms in total. The largest absolute Gasteiger partial charge is 0.502 e. The molecular weight excluding hydrogens is 426 g/mol. The van der Waals surface area contributed by atoms with Gasteiger partial charge in [0.25, 0.3) is 0 Å². The molecule has 0 radical (unpaired) electrons. The number of rotatable bonds is 10. The molecule has 1 heterocycles. The van der Waals surface area contributed by atoms with Crippen molar-refractivity contribution in [3.8, 4) is 23.0 Å². The maximum atomic E-state index is 12.1. The number of carbonyl (C=O) groups excluding carboxylic acids is 1. The van der Waals surface area contributed by atoms with Gasteiger partial charge in [0.2, 0.25) is 17.1 Å². The second kappa shape index (κ2) is 10.6. The summed E-state index contributed by atoms with van der Waals surface area (Å²) in [6, 6.07) is 14.0. The number of hydrogen-bond donors (Lipinski definition) is 2. The smallest absolute Gasteiger partial charge is 0.227 e. The minimum Gasteiger partial charge on any atom is -0.502 e. The summed E-state index contributed by atoms with van der Waals surface area (Å²) in [5.41, 5.74) is 6.51. The van der Waals surface area contributed by atoms with Crippen LogP contribution in [0.15, 0.2) is 57.7 Å². The lowest BCUT2D eigenvalue weighted by molar-refractivity contribution is -0.118. The Labute approximate surface area is 191 Å². The Kier molecular flexibility index (Phi) is 7.61. The van der Waals surface area contributed by atoms with Crippen molar-refractivity contribution >= 4 is 5.91 Å². The molecule has 1 aromatic heterocycles. The van der Waals surface area contributed by atoms with Crippen LogP contribution in [0, 0.1) is 6.92 Å². The Balaban J connectivity index is 1.89. The summed E-state index contributed by atoms with van der Waals surface area (Å²) in [4.78, 5) is 23.9. The van der Waals surface area contributed by atoms with Crippen molar-refractivity contribution in [1.29, 1.82) is 0 Å². The number of nitrogens with two attached hydrogens (primary N) is 1. The van der Waals surface area contributed by atoms with Crippen LogP contribution in [0.1, 0.15) is 35.0 Å². The number of aryl methyl sites for hydroxylation is 1. The summed E-state index contributed by atoms with van der Waals surface area (Å²) in [7, 11) is 3.14. The molecule has 0 saturated carbocycles. The van der Waals surface area contributed by atoms with Gasteiger partial charge in [-0.15, -0.1) is 0 Å². The van der Waals surface area contributed by atoms with E-state index in [1.165, 1.54) is 13.2 Å². The van der Waals surface area contributed by atoms with Crippen LogP contribution in [0.25, 0.3) is 0 Å². The summed E-state index contributed by atoms with van der Waals surface area (Å²) < 4.78 is 22.2. The molecule has 1 amide bonds. The average Bonchev–Trinajstić information content (AvgIpc) is 2.80. The summed E-state index contributed by atoms with van der Waals surface area (Å²) in [6.07, 6.45) is 0.479. The summed E-state index contributed by atoms with van der Waals surface area (Å²) >= 11 is 0. The number of methoxy groups -OCH3 is 2. The van der Waals surface area contributed by atoms with Gasteiger partial charge in [-0.3, -0.25) is 9.59 Å². The van der Waals surface area contributed by atoms with Crippen LogP contribution in [0.2, 0.25) is 0 Å². The molecule has 3 N–H and O–H groups in total. The van der Waals surface area contributed by atoms with E-state index in [1.54, 1.807) is 32.2 Å². The highest BCUT2D eigenvalue weighted by Gasteiger charge is 2.26. The van der Waals surface area contributed by atoms with Crippen molar-refractivity contribution < 1.29 is 28.5 Å². The molecule has 3 aromatic rings. The molecule has 0 unspecified atom stereocenters. The Morgan fingerprint density at radius 1 is 1.06 bits per heavy atom. The van der Waals surface area contributed by atoms with Gasteiger partial charge in [-0.2, -0.15) is 0 Å². The van der Waals surface area contributed by atoms with Crippen molar-refractivity contribution in [3.63, 3.8) is 0 Å². The second-order valence-corrected chi connectivity index (χ2v) is 7.51. The van der Waals surface area contributed by atoms with Crippen molar-refractivity contribution in [2.45, 2.75) is 25.7 Å². The van der Waals surface area contributed by atoms with Gasteiger partial charge in [-0.25, -0.2) is 0 Å². The van der Waals surface area contributed by atoms with E-state index in [-0.39, 0.29) is 12.2 Å². The van der Waals surface area contributed by atoms with E-state index >= 15 is 0 Å². The number of carbonyl (C=O) groups is 1. The highest BCUT2D eigenvalue weighted by molar-refractivity contribution is 5.75. The molecule has 0 saturated heterocycles. The van der Waals surface area contributed by atoms with Crippen LogP contribution in [0.5, 0.6) is 23.0 Å². The topological polar surface area (TPSA) is 121 Å². The van der Waals surface area contributed by atoms with E-state index in [0.29, 0.717) is 35.9 Å². The van der Waals surface area contributed by atoms with Crippen molar-refractivity contribution in [2.24, 2.45) is 5.73 Å². The average molecular weight is 453 g/mol. The summed E-state index contributed by atoms with van der Waals surface area (Å²) in [5, 5.41) is 10.3. The SMILES string of the molecule is COc1ccc(CCOc2cc([C@@H](CC(N)=O)c3oc(C)cc(=O)c3O)ccc2OC)cc1. The van der Waals surface area contributed by atoms with Crippen LogP contribution in [-0.4, -0.2) is 31.8 Å². The van der Waals surface area contributed by atoms with Gasteiger partial charge in [0.1, 0.15) is 11.5 Å². The number of aromatic hydroxyl groups is 1. The summed E-state index contributed by atoms with van der Waals surface area (Å²) in [6.45, 7) is 1.96. The Hall–Kier alpha value is -3.94. The lowest BCUT2D eigenvalue weighted by atomic mass is 9.91. The van der Waals surface area contributed by atoms with E-state index in [0.717, 1.165) is 11.3 Å². The molecule has 8 heteroatoms. The molecule has 0 fully saturated rings. The standard InChI is InChI=1S/C25H27NO7/c1-15-12-20(27)24(29)25(33-15)19(14-23(26)28)17-6-9-21(31-3)22(13-17)32-11-10-16-4-7-18(30-2)8-5-16/h4-9,12-13,19,29H,10-11,14H2,1-3H3,(H2,26,28)/t19-/m1/s1. The number of ether oxygens (including phenoxy) is 3.